The van der Waals surface area contributed by atoms with Gasteiger partial charge in [0.25, 0.3) is 0 Å². The number of hydrogen-bond donors (Lipinski definition) is 2. The minimum Gasteiger partial charge on any atom is -0.493 e. The molecule has 1 rings (SSSR count). The minimum atomic E-state index is -1.29. The van der Waals surface area contributed by atoms with Crippen molar-refractivity contribution in [2.45, 2.75) is 12.2 Å². The van der Waals surface area contributed by atoms with Gasteiger partial charge in [-0.15, -0.1) is 0 Å². The number of hydrogen-bond acceptors (Lipinski definition) is 5. The lowest BCUT2D eigenvalue weighted by Gasteiger charge is -2.19. The summed E-state index contributed by atoms with van der Waals surface area (Å²) < 4.78 is 10.1. The van der Waals surface area contributed by atoms with Crippen LogP contribution in [0.3, 0.4) is 0 Å². The van der Waals surface area contributed by atoms with Crippen LogP contribution >= 0.6 is 11.6 Å². The Bertz CT molecular complexity index is 491. The topological polar surface area (TPSA) is 108 Å². The summed E-state index contributed by atoms with van der Waals surface area (Å²) in [5.41, 5.74) is 8.44. The molecule has 2 N–H and O–H groups in total. The third-order valence-corrected chi connectivity index (χ3v) is 2.92. The number of benzene rings is 1. The zero-order chi connectivity index (χ0) is 14.4. The molecule has 2 unspecified atom stereocenters. The smallest absolute Gasteiger partial charge is 0.179 e. The summed E-state index contributed by atoms with van der Waals surface area (Å²) in [5, 5.41) is 23.0. The Morgan fingerprint density at radius 1 is 1.37 bits per heavy atom. The van der Waals surface area contributed by atoms with Crippen LogP contribution in [-0.2, 0) is 0 Å². The van der Waals surface area contributed by atoms with Crippen LogP contribution in [0, 0.1) is 0 Å². The van der Waals surface area contributed by atoms with E-state index in [1.54, 1.807) is 6.07 Å². The monoisotopic (exact) mass is 287 g/mol. The molecule has 0 fully saturated rings. The van der Waals surface area contributed by atoms with Gasteiger partial charge in [0.15, 0.2) is 11.5 Å². The Kier molecular flexibility index (Phi) is 5.72. The van der Waals surface area contributed by atoms with Crippen molar-refractivity contribution in [3.05, 3.63) is 33.2 Å². The summed E-state index contributed by atoms with van der Waals surface area (Å²) in [6, 6.07) is 3.07. The summed E-state index contributed by atoms with van der Waals surface area (Å²) in [7, 11) is 2.87. The Labute approximate surface area is 115 Å². The third-order valence-electron chi connectivity index (χ3n) is 2.53. The van der Waals surface area contributed by atoms with Gasteiger partial charge in [-0.1, -0.05) is 22.8 Å². The maximum atomic E-state index is 9.97. The zero-order valence-corrected chi connectivity index (χ0v) is 11.2. The SMILES string of the molecule is COc1ccc(C(O)C(O)CN=[N+]=[N-])c(Cl)c1OC. The molecule has 0 heterocycles. The van der Waals surface area contributed by atoms with Crippen LogP contribution in [0.2, 0.25) is 5.02 Å². The number of methoxy groups -OCH3 is 2. The Morgan fingerprint density at radius 2 is 2.05 bits per heavy atom. The normalized spacial score (nSPS) is 13.3. The molecule has 8 heteroatoms. The van der Waals surface area contributed by atoms with Gasteiger partial charge in [0.05, 0.1) is 31.9 Å². The predicted molar refractivity (Wildman–Crippen MR) is 69.5 cm³/mol. The summed E-state index contributed by atoms with van der Waals surface area (Å²) in [6.45, 7) is -0.262. The van der Waals surface area contributed by atoms with Crippen LogP contribution in [0.15, 0.2) is 17.2 Å². The van der Waals surface area contributed by atoms with Crippen molar-refractivity contribution < 1.29 is 19.7 Å². The van der Waals surface area contributed by atoms with Gasteiger partial charge < -0.3 is 19.7 Å². The first-order valence-electron chi connectivity index (χ1n) is 5.34. The van der Waals surface area contributed by atoms with Gasteiger partial charge >= 0.3 is 0 Å². The van der Waals surface area contributed by atoms with Gasteiger partial charge in [-0.2, -0.15) is 0 Å². The molecule has 0 radical (unpaired) electrons. The molecule has 19 heavy (non-hydrogen) atoms. The van der Waals surface area contributed by atoms with E-state index in [0.29, 0.717) is 5.75 Å². The predicted octanol–water partition coefficient (Wildman–Crippen LogP) is 2.06. The molecule has 0 amide bonds. The lowest BCUT2D eigenvalue weighted by Crippen LogP contribution is -2.21. The average molecular weight is 288 g/mol. The molecule has 0 aliphatic carbocycles. The van der Waals surface area contributed by atoms with E-state index in [1.807, 2.05) is 0 Å². The second-order valence-electron chi connectivity index (χ2n) is 3.63. The van der Waals surface area contributed by atoms with Crippen LogP contribution in [0.1, 0.15) is 11.7 Å². The Balaban J connectivity index is 3.10. The molecule has 1 aromatic carbocycles. The van der Waals surface area contributed by atoms with E-state index in [0.717, 1.165) is 0 Å². The highest BCUT2D eigenvalue weighted by Gasteiger charge is 2.23. The van der Waals surface area contributed by atoms with Crippen LogP contribution in [0.5, 0.6) is 11.5 Å². The number of aliphatic hydroxyl groups is 2. The fourth-order valence-corrected chi connectivity index (χ4v) is 1.91. The molecular formula is C11H14ClN3O4. The lowest BCUT2D eigenvalue weighted by molar-refractivity contribution is 0.0243. The van der Waals surface area contributed by atoms with Crippen LogP contribution in [0.4, 0.5) is 0 Å². The summed E-state index contributed by atoms with van der Waals surface area (Å²) >= 11 is 6.09. The molecular weight excluding hydrogens is 274 g/mol. The third kappa shape index (κ3) is 3.42. The summed E-state index contributed by atoms with van der Waals surface area (Å²) in [5.74, 6) is 0.671. The highest BCUT2D eigenvalue weighted by atomic mass is 35.5. The molecule has 104 valence electrons. The van der Waals surface area contributed by atoms with Gasteiger partial charge in [-0.3, -0.25) is 0 Å². The number of ether oxygens (including phenoxy) is 2. The van der Waals surface area contributed by atoms with Crippen molar-refractivity contribution in [2.24, 2.45) is 5.11 Å². The number of nitrogens with zero attached hydrogens (tertiary/aromatic N) is 3. The molecule has 0 aliphatic rings. The van der Waals surface area contributed by atoms with Crippen molar-refractivity contribution in [3.63, 3.8) is 0 Å². The van der Waals surface area contributed by atoms with Crippen LogP contribution in [-0.4, -0.2) is 37.1 Å². The van der Waals surface area contributed by atoms with Gasteiger partial charge in [0, 0.05) is 10.5 Å². The highest BCUT2D eigenvalue weighted by Crippen LogP contribution is 2.40. The fraction of sp³-hybridized carbons (Fsp3) is 0.455. The van der Waals surface area contributed by atoms with Gasteiger partial charge in [-0.25, -0.2) is 0 Å². The van der Waals surface area contributed by atoms with Crippen molar-refractivity contribution in [2.75, 3.05) is 20.8 Å². The molecule has 0 aliphatic heterocycles. The van der Waals surface area contributed by atoms with Crippen LogP contribution < -0.4 is 9.47 Å². The molecule has 2 atom stereocenters. The van der Waals surface area contributed by atoms with Crippen molar-refractivity contribution >= 4 is 11.6 Å². The molecule has 0 aromatic heterocycles. The maximum absolute atomic E-state index is 9.97. The first kappa shape index (κ1) is 15.4. The maximum Gasteiger partial charge on any atom is 0.179 e. The van der Waals surface area contributed by atoms with Crippen LogP contribution in [0.25, 0.3) is 10.4 Å². The summed E-state index contributed by atoms with van der Waals surface area (Å²) in [4.78, 5) is 2.51. The second-order valence-corrected chi connectivity index (χ2v) is 4.01. The highest BCUT2D eigenvalue weighted by molar-refractivity contribution is 6.33. The first-order chi connectivity index (χ1) is 9.06. The minimum absolute atomic E-state index is 0.134. The number of aliphatic hydroxyl groups excluding tert-OH is 2. The number of azide groups is 1. The van der Waals surface area contributed by atoms with Gasteiger partial charge in [0.1, 0.15) is 6.10 Å². The van der Waals surface area contributed by atoms with Crippen molar-refractivity contribution in [3.8, 4) is 11.5 Å². The fourth-order valence-electron chi connectivity index (χ4n) is 1.56. The molecule has 0 bridgehead atoms. The molecule has 7 nitrogen and oxygen atoms in total. The van der Waals surface area contributed by atoms with E-state index >= 15 is 0 Å². The van der Waals surface area contributed by atoms with Gasteiger partial charge in [0.2, 0.25) is 0 Å². The zero-order valence-electron chi connectivity index (χ0n) is 10.4. The quantitative estimate of drug-likeness (QED) is 0.474. The van der Waals surface area contributed by atoms with E-state index in [9.17, 15) is 10.2 Å². The average Bonchev–Trinajstić information content (AvgIpc) is 2.43. The van der Waals surface area contributed by atoms with Crippen molar-refractivity contribution in [1.82, 2.24) is 0 Å². The first-order valence-corrected chi connectivity index (χ1v) is 5.72. The second kappa shape index (κ2) is 7.06. The Hall–Kier alpha value is -1.66. The number of rotatable bonds is 6. The molecule has 1 aromatic rings. The van der Waals surface area contributed by atoms with E-state index in [1.165, 1.54) is 20.3 Å². The standard InChI is InChI=1S/C11H14ClN3O4/c1-18-8-4-3-6(9(12)11(8)19-2)10(17)7(16)5-14-15-13/h3-4,7,10,16-17H,5H2,1-2H3. The summed E-state index contributed by atoms with van der Waals surface area (Å²) in [6.07, 6.45) is -2.55. The van der Waals surface area contributed by atoms with E-state index in [-0.39, 0.29) is 22.9 Å². The molecule has 0 saturated heterocycles. The molecule has 0 saturated carbocycles. The Morgan fingerprint density at radius 3 is 2.58 bits per heavy atom. The van der Waals surface area contributed by atoms with E-state index in [4.69, 9.17) is 26.6 Å². The van der Waals surface area contributed by atoms with Gasteiger partial charge in [-0.05, 0) is 11.6 Å². The molecule has 0 spiro atoms. The largest absolute Gasteiger partial charge is 0.493 e. The lowest BCUT2D eigenvalue weighted by atomic mass is 10.0. The van der Waals surface area contributed by atoms with E-state index in [2.05, 4.69) is 10.0 Å². The van der Waals surface area contributed by atoms with E-state index < -0.39 is 12.2 Å². The number of halogens is 1. The van der Waals surface area contributed by atoms with Crippen molar-refractivity contribution in [1.29, 1.82) is 0 Å².